The molecule has 3 rings (SSSR count). The number of hydrogen-bond donors (Lipinski definition) is 5. The van der Waals surface area contributed by atoms with E-state index in [0.29, 0.717) is 29.3 Å². The monoisotopic (exact) mass is 437 g/mol. The van der Waals surface area contributed by atoms with E-state index in [9.17, 15) is 4.79 Å². The van der Waals surface area contributed by atoms with Crippen LogP contribution < -0.4 is 43.4 Å². The molecule has 0 fully saturated rings. The van der Waals surface area contributed by atoms with Crippen LogP contribution in [0.2, 0.25) is 0 Å². The summed E-state index contributed by atoms with van der Waals surface area (Å²) in [7, 11) is 0. The van der Waals surface area contributed by atoms with Crippen LogP contribution in [0.15, 0.2) is 70.7 Å². The number of hydrazone groups is 1. The van der Waals surface area contributed by atoms with Crippen LogP contribution in [0.4, 0.5) is 0 Å². The van der Waals surface area contributed by atoms with Gasteiger partial charge in [0.1, 0.15) is 24.7 Å². The summed E-state index contributed by atoms with van der Waals surface area (Å²) >= 11 is 0. The molecule has 168 valence electrons. The Morgan fingerprint density at radius 2 is 1.84 bits per heavy atom. The molecule has 0 aliphatic carbocycles. The molecule has 1 heterocycles. The first-order valence-electron chi connectivity index (χ1n) is 9.82. The zero-order chi connectivity index (χ0) is 23.1. The number of pyridine rings is 1. The second-order valence-corrected chi connectivity index (χ2v) is 7.10. The van der Waals surface area contributed by atoms with Gasteiger partial charge >= 0.3 is 0 Å². The van der Waals surface area contributed by atoms with E-state index in [2.05, 4.69) is 22.5 Å². The van der Waals surface area contributed by atoms with Crippen molar-refractivity contribution in [3.8, 4) is 11.5 Å². The number of fused-ring (bicyclic) bond motifs is 1. The number of nitrogens with two attached hydrogens (primary N) is 3. The van der Waals surface area contributed by atoms with Crippen LogP contribution in [0.25, 0.3) is 10.9 Å². The molecule has 0 aliphatic rings. The zero-order valence-electron chi connectivity index (χ0n) is 17.8. The van der Waals surface area contributed by atoms with E-state index >= 15 is 0 Å². The molecule has 2 aromatic carbocycles. The Morgan fingerprint density at radius 3 is 2.50 bits per heavy atom. The van der Waals surface area contributed by atoms with Gasteiger partial charge in [-0.2, -0.15) is 5.10 Å². The van der Waals surface area contributed by atoms with Crippen molar-refractivity contribution in [2.24, 2.45) is 22.6 Å². The summed E-state index contributed by atoms with van der Waals surface area (Å²) in [6.45, 7) is 6.16. The number of amidine groups is 1. The molecule has 8 N–H and O–H groups in total. The summed E-state index contributed by atoms with van der Waals surface area (Å²) in [5, 5.41) is 4.29. The maximum absolute atomic E-state index is 12.9. The summed E-state index contributed by atoms with van der Waals surface area (Å²) < 4.78 is 13.4. The van der Waals surface area contributed by atoms with Crippen LogP contribution in [0.1, 0.15) is 11.1 Å². The topological polar surface area (TPSA) is 155 Å². The maximum Gasteiger partial charge on any atom is 0.251 e. The third-order valence-corrected chi connectivity index (χ3v) is 4.83. The van der Waals surface area contributed by atoms with Crippen molar-refractivity contribution in [2.45, 2.75) is 13.5 Å². The highest BCUT2D eigenvalue weighted by Crippen LogP contribution is 2.33. The largest absolute Gasteiger partial charge is 0.487 e. The molecule has 10 heteroatoms. The Morgan fingerprint density at radius 1 is 1.09 bits per heavy atom. The molecule has 0 radical (unpaired) electrons. The normalized spacial score (nSPS) is 11.3. The molecular formula is C22H27N7O3. The van der Waals surface area contributed by atoms with Gasteiger partial charge in [0.15, 0.2) is 5.84 Å². The molecule has 3 aromatic rings. The Kier molecular flexibility index (Phi) is 7.32. The van der Waals surface area contributed by atoms with Crippen LogP contribution >= 0.6 is 0 Å². The van der Waals surface area contributed by atoms with Crippen molar-refractivity contribution in [1.29, 1.82) is 0 Å². The molecule has 0 saturated carbocycles. The zero-order valence-corrected chi connectivity index (χ0v) is 17.8. The lowest BCUT2D eigenvalue weighted by Gasteiger charge is -2.18. The van der Waals surface area contributed by atoms with E-state index in [1.54, 1.807) is 22.8 Å². The van der Waals surface area contributed by atoms with Gasteiger partial charge in [0.25, 0.3) is 5.56 Å². The number of benzene rings is 2. The Bertz CT molecular complexity index is 1190. The van der Waals surface area contributed by atoms with Gasteiger partial charge in [-0.15, -0.1) is 0 Å². The van der Waals surface area contributed by atoms with Gasteiger partial charge in [-0.25, -0.2) is 5.84 Å². The van der Waals surface area contributed by atoms with E-state index < -0.39 is 0 Å². The molecular weight excluding hydrogens is 410 g/mol. The first kappa shape index (κ1) is 22.7. The van der Waals surface area contributed by atoms with Crippen LogP contribution in [0.3, 0.4) is 0 Å². The Balaban J connectivity index is 2.14. The van der Waals surface area contributed by atoms with E-state index in [1.165, 1.54) is 0 Å². The quantitative estimate of drug-likeness (QED) is 0.143. The fraction of sp³-hybridized carbons (Fsp3) is 0.182. The molecule has 10 nitrogen and oxygen atoms in total. The van der Waals surface area contributed by atoms with Crippen LogP contribution in [-0.4, -0.2) is 23.6 Å². The highest BCUT2D eigenvalue weighted by molar-refractivity contribution is 5.90. The third kappa shape index (κ3) is 5.17. The lowest BCUT2D eigenvalue weighted by molar-refractivity contribution is 0.338. The minimum absolute atomic E-state index is 0.00371. The van der Waals surface area contributed by atoms with Crippen molar-refractivity contribution in [3.63, 3.8) is 0 Å². The van der Waals surface area contributed by atoms with Crippen molar-refractivity contribution in [1.82, 2.24) is 15.4 Å². The van der Waals surface area contributed by atoms with Crippen LogP contribution in [0.5, 0.6) is 11.5 Å². The fourth-order valence-corrected chi connectivity index (χ4v) is 3.24. The Hall–Kier alpha value is -4.02. The highest BCUT2D eigenvalue weighted by Gasteiger charge is 2.15. The first-order chi connectivity index (χ1) is 15.5. The number of hydrogen-bond acceptors (Lipinski definition) is 8. The summed E-state index contributed by atoms with van der Waals surface area (Å²) in [6.07, 6.45) is 0. The second-order valence-electron chi connectivity index (χ2n) is 7.10. The van der Waals surface area contributed by atoms with E-state index in [4.69, 9.17) is 27.0 Å². The van der Waals surface area contributed by atoms with Gasteiger partial charge in [0.05, 0.1) is 17.8 Å². The highest BCUT2D eigenvalue weighted by atomic mass is 16.5. The number of aryl methyl sites for hydroxylation is 1. The van der Waals surface area contributed by atoms with Crippen molar-refractivity contribution >= 4 is 16.7 Å². The Labute approximate surface area is 185 Å². The van der Waals surface area contributed by atoms with Gasteiger partial charge < -0.3 is 30.7 Å². The molecule has 32 heavy (non-hydrogen) atoms. The molecule has 1 aromatic heterocycles. The van der Waals surface area contributed by atoms with Crippen molar-refractivity contribution in [3.05, 3.63) is 82.3 Å². The summed E-state index contributed by atoms with van der Waals surface area (Å²) in [5.41, 5.74) is 7.60. The molecule has 0 aliphatic heterocycles. The lowest BCUT2D eigenvalue weighted by atomic mass is 10.1. The SMILES string of the molecule is C=C(COc1cc(OC/C(=N/N)NN)cc2c1c(C)cc(=O)n2Cc1ccccc1)NN. The summed E-state index contributed by atoms with van der Waals surface area (Å²) in [5.74, 6) is 17.3. The molecule has 0 atom stereocenters. The summed E-state index contributed by atoms with van der Waals surface area (Å²) in [4.78, 5) is 12.9. The average Bonchev–Trinajstić information content (AvgIpc) is 2.81. The number of ether oxygens (including phenoxy) is 2. The number of rotatable bonds is 9. The summed E-state index contributed by atoms with van der Waals surface area (Å²) in [6, 6.07) is 14.8. The maximum atomic E-state index is 12.9. The minimum atomic E-state index is -0.136. The van der Waals surface area contributed by atoms with Crippen LogP contribution in [-0.2, 0) is 6.54 Å². The molecule has 0 saturated heterocycles. The van der Waals surface area contributed by atoms with Gasteiger partial charge in [0, 0.05) is 23.6 Å². The van der Waals surface area contributed by atoms with E-state index in [0.717, 1.165) is 16.5 Å². The lowest BCUT2D eigenvalue weighted by Crippen LogP contribution is -2.35. The number of aromatic nitrogens is 1. The number of hydrazine groups is 2. The first-order valence-corrected chi connectivity index (χ1v) is 9.82. The van der Waals surface area contributed by atoms with Crippen molar-refractivity contribution < 1.29 is 9.47 Å². The fourth-order valence-electron chi connectivity index (χ4n) is 3.24. The molecule has 0 unspecified atom stereocenters. The van der Waals surface area contributed by atoms with E-state index in [1.807, 2.05) is 37.3 Å². The average molecular weight is 438 g/mol. The second kappa shape index (κ2) is 10.3. The molecule has 0 amide bonds. The minimum Gasteiger partial charge on any atom is -0.487 e. The van der Waals surface area contributed by atoms with Crippen LogP contribution in [0, 0.1) is 6.92 Å². The third-order valence-electron chi connectivity index (χ3n) is 4.83. The standard InChI is InChI=1S/C22H27N7O3/c1-14-8-21(30)29(11-16-6-4-3-5-7-16)18-9-17(31-13-20(27-24)28-25)10-19(22(14)18)32-12-15(2)26-23/h3-10,26H,2,11-13,23-25H2,1H3,(H,27,28). The van der Waals surface area contributed by atoms with Crippen molar-refractivity contribution in [2.75, 3.05) is 13.2 Å². The van der Waals surface area contributed by atoms with E-state index in [-0.39, 0.29) is 24.6 Å². The van der Waals surface area contributed by atoms with Gasteiger partial charge in [-0.05, 0) is 18.1 Å². The number of nitrogens with one attached hydrogen (secondary N) is 2. The van der Waals surface area contributed by atoms with Gasteiger partial charge in [-0.1, -0.05) is 36.9 Å². The van der Waals surface area contributed by atoms with Gasteiger partial charge in [-0.3, -0.25) is 10.6 Å². The molecule has 0 bridgehead atoms. The predicted molar refractivity (Wildman–Crippen MR) is 125 cm³/mol. The van der Waals surface area contributed by atoms with Gasteiger partial charge in [0.2, 0.25) is 0 Å². The number of nitrogens with zero attached hydrogens (tertiary/aromatic N) is 2. The predicted octanol–water partition coefficient (Wildman–Crippen LogP) is 0.828. The molecule has 0 spiro atoms. The smallest absolute Gasteiger partial charge is 0.251 e.